The van der Waals surface area contributed by atoms with Crippen LogP contribution in [0.1, 0.15) is 24.1 Å². The summed E-state index contributed by atoms with van der Waals surface area (Å²) in [7, 11) is 6.33. The Hall–Kier alpha value is -1.55. The lowest BCUT2D eigenvalue weighted by atomic mass is 10.0. The molecule has 1 unspecified atom stereocenters. The van der Waals surface area contributed by atoms with Gasteiger partial charge in [0.1, 0.15) is 0 Å². The van der Waals surface area contributed by atoms with Gasteiger partial charge in [-0.3, -0.25) is 4.99 Å². The fourth-order valence-electron chi connectivity index (χ4n) is 2.49. The molecular formula is C16H26N4. The van der Waals surface area contributed by atoms with Crippen molar-refractivity contribution in [3.8, 4) is 0 Å². The van der Waals surface area contributed by atoms with E-state index in [4.69, 9.17) is 0 Å². The highest BCUT2D eigenvalue weighted by Crippen LogP contribution is 2.18. The Morgan fingerprint density at radius 1 is 1.30 bits per heavy atom. The van der Waals surface area contributed by atoms with Gasteiger partial charge >= 0.3 is 0 Å². The van der Waals surface area contributed by atoms with Gasteiger partial charge in [0.2, 0.25) is 0 Å². The van der Waals surface area contributed by atoms with Crippen molar-refractivity contribution in [3.05, 3.63) is 35.4 Å². The number of rotatable bonds is 5. The van der Waals surface area contributed by atoms with Crippen molar-refractivity contribution in [2.24, 2.45) is 4.99 Å². The Kier molecular flexibility index (Phi) is 5.01. The lowest BCUT2D eigenvalue weighted by Gasteiger charge is -2.27. The maximum Gasteiger partial charge on any atom is 0.193 e. The van der Waals surface area contributed by atoms with Gasteiger partial charge in [0, 0.05) is 20.1 Å². The minimum absolute atomic E-state index is 0.359. The van der Waals surface area contributed by atoms with Crippen LogP contribution in [0.15, 0.2) is 29.3 Å². The lowest BCUT2D eigenvalue weighted by Crippen LogP contribution is -2.40. The van der Waals surface area contributed by atoms with Gasteiger partial charge < -0.3 is 15.1 Å². The Balaban J connectivity index is 2.02. The van der Waals surface area contributed by atoms with Crippen LogP contribution in [0.25, 0.3) is 0 Å². The van der Waals surface area contributed by atoms with Crippen molar-refractivity contribution in [3.63, 3.8) is 0 Å². The van der Waals surface area contributed by atoms with Crippen LogP contribution in [-0.4, -0.2) is 56.5 Å². The van der Waals surface area contributed by atoms with Crippen LogP contribution in [0.4, 0.5) is 0 Å². The molecule has 0 bridgehead atoms. The summed E-state index contributed by atoms with van der Waals surface area (Å²) in [6.45, 7) is 4.98. The van der Waals surface area contributed by atoms with Gasteiger partial charge in [0.05, 0.1) is 12.6 Å². The second-order valence-corrected chi connectivity index (χ2v) is 5.58. The normalized spacial score (nSPS) is 16.4. The van der Waals surface area contributed by atoms with Gasteiger partial charge in [-0.1, -0.05) is 31.2 Å². The fourth-order valence-corrected chi connectivity index (χ4v) is 2.49. The molecule has 1 heterocycles. The van der Waals surface area contributed by atoms with E-state index >= 15 is 0 Å². The fraction of sp³-hybridized carbons (Fsp3) is 0.562. The summed E-state index contributed by atoms with van der Waals surface area (Å²) in [4.78, 5) is 8.91. The molecule has 20 heavy (non-hydrogen) atoms. The average Bonchev–Trinajstić information content (AvgIpc) is 2.85. The molecule has 110 valence electrons. The summed E-state index contributed by atoms with van der Waals surface area (Å²) in [6.07, 6.45) is 1.09. The number of likely N-dealkylation sites (N-methyl/N-ethyl adjacent to an activating group) is 2. The van der Waals surface area contributed by atoms with E-state index in [-0.39, 0.29) is 0 Å². The molecule has 0 radical (unpaired) electrons. The number of hydrogen-bond donors (Lipinski definition) is 1. The van der Waals surface area contributed by atoms with Crippen molar-refractivity contribution in [2.45, 2.75) is 19.4 Å². The number of guanidine groups is 1. The number of nitrogens with zero attached hydrogens (tertiary/aromatic N) is 3. The lowest BCUT2D eigenvalue weighted by molar-refractivity contribution is 0.296. The van der Waals surface area contributed by atoms with Crippen LogP contribution in [0.2, 0.25) is 0 Å². The maximum absolute atomic E-state index is 4.48. The molecule has 1 aliphatic heterocycles. The average molecular weight is 274 g/mol. The van der Waals surface area contributed by atoms with Crippen molar-refractivity contribution < 1.29 is 0 Å². The highest BCUT2D eigenvalue weighted by atomic mass is 15.3. The van der Waals surface area contributed by atoms with E-state index in [9.17, 15) is 0 Å². The Labute approximate surface area is 122 Å². The van der Waals surface area contributed by atoms with Crippen LogP contribution in [0.5, 0.6) is 0 Å². The SMILES string of the molecule is CCc1ccc(C(CNC2=NCCN2C)N(C)C)cc1. The zero-order valence-electron chi connectivity index (χ0n) is 13.1. The molecule has 4 nitrogen and oxygen atoms in total. The first-order valence-corrected chi connectivity index (χ1v) is 7.36. The second kappa shape index (κ2) is 6.75. The first kappa shape index (κ1) is 14.9. The summed E-state index contributed by atoms with van der Waals surface area (Å²) in [5.74, 6) is 1.02. The van der Waals surface area contributed by atoms with E-state index in [2.05, 4.69) is 72.4 Å². The minimum Gasteiger partial charge on any atom is -0.354 e. The summed E-state index contributed by atoms with van der Waals surface area (Å²) in [6, 6.07) is 9.30. The summed E-state index contributed by atoms with van der Waals surface area (Å²) < 4.78 is 0. The summed E-state index contributed by atoms with van der Waals surface area (Å²) in [5, 5.41) is 3.47. The van der Waals surface area contributed by atoms with E-state index < -0.39 is 0 Å². The summed E-state index contributed by atoms with van der Waals surface area (Å²) in [5.41, 5.74) is 2.74. The molecule has 0 aliphatic carbocycles. The zero-order valence-corrected chi connectivity index (χ0v) is 13.1. The van der Waals surface area contributed by atoms with Crippen LogP contribution in [-0.2, 0) is 6.42 Å². The third-order valence-electron chi connectivity index (χ3n) is 3.91. The Bertz CT molecular complexity index is 450. The Morgan fingerprint density at radius 3 is 2.50 bits per heavy atom. The van der Waals surface area contributed by atoms with E-state index in [1.165, 1.54) is 11.1 Å². The third kappa shape index (κ3) is 3.51. The largest absolute Gasteiger partial charge is 0.354 e. The highest BCUT2D eigenvalue weighted by Gasteiger charge is 2.17. The predicted octanol–water partition coefficient (Wildman–Crippen LogP) is 1.74. The van der Waals surface area contributed by atoms with Crippen LogP contribution >= 0.6 is 0 Å². The number of benzene rings is 1. The molecule has 0 saturated carbocycles. The maximum atomic E-state index is 4.48. The van der Waals surface area contributed by atoms with E-state index in [1.807, 2.05) is 0 Å². The van der Waals surface area contributed by atoms with Crippen molar-refractivity contribution in [1.82, 2.24) is 15.1 Å². The summed E-state index contributed by atoms with van der Waals surface area (Å²) >= 11 is 0. The van der Waals surface area contributed by atoms with Crippen molar-refractivity contribution >= 4 is 5.96 Å². The van der Waals surface area contributed by atoms with Crippen LogP contribution in [0, 0.1) is 0 Å². The zero-order chi connectivity index (χ0) is 14.5. The van der Waals surface area contributed by atoms with Crippen molar-refractivity contribution in [1.29, 1.82) is 0 Å². The van der Waals surface area contributed by atoms with Gasteiger partial charge in [0.15, 0.2) is 5.96 Å². The van der Waals surface area contributed by atoms with E-state index in [0.717, 1.165) is 32.0 Å². The van der Waals surface area contributed by atoms with Gasteiger partial charge in [-0.15, -0.1) is 0 Å². The number of hydrogen-bond acceptors (Lipinski definition) is 4. The first-order valence-electron chi connectivity index (χ1n) is 7.36. The number of aryl methyl sites for hydroxylation is 1. The molecule has 0 amide bonds. The first-order chi connectivity index (χ1) is 9.61. The molecule has 0 saturated heterocycles. The molecule has 2 rings (SSSR count). The highest BCUT2D eigenvalue weighted by molar-refractivity contribution is 5.81. The number of aliphatic imine (C=N–C) groups is 1. The smallest absolute Gasteiger partial charge is 0.193 e. The predicted molar refractivity (Wildman–Crippen MR) is 85.2 cm³/mol. The number of nitrogens with one attached hydrogen (secondary N) is 1. The third-order valence-corrected chi connectivity index (χ3v) is 3.91. The molecule has 4 heteroatoms. The van der Waals surface area contributed by atoms with Gasteiger partial charge in [-0.2, -0.15) is 0 Å². The van der Waals surface area contributed by atoms with Gasteiger partial charge in [0.25, 0.3) is 0 Å². The minimum atomic E-state index is 0.359. The molecule has 0 aromatic heterocycles. The molecule has 1 N–H and O–H groups in total. The van der Waals surface area contributed by atoms with Gasteiger partial charge in [-0.05, 0) is 31.6 Å². The van der Waals surface area contributed by atoms with Gasteiger partial charge in [-0.25, -0.2) is 0 Å². The van der Waals surface area contributed by atoms with Crippen LogP contribution < -0.4 is 5.32 Å². The molecule has 1 aromatic rings. The second-order valence-electron chi connectivity index (χ2n) is 5.58. The molecule has 0 fully saturated rings. The molecule has 0 spiro atoms. The topological polar surface area (TPSA) is 30.9 Å². The molecule has 1 aliphatic rings. The molecule has 1 atom stereocenters. The van der Waals surface area contributed by atoms with Crippen LogP contribution in [0.3, 0.4) is 0 Å². The van der Waals surface area contributed by atoms with E-state index in [0.29, 0.717) is 6.04 Å². The standard InChI is InChI=1S/C16H26N4/c1-5-13-6-8-14(9-7-13)15(19(2)3)12-18-16-17-10-11-20(16)4/h6-9,15H,5,10-12H2,1-4H3,(H,17,18). The molecular weight excluding hydrogens is 248 g/mol. The van der Waals surface area contributed by atoms with Crippen molar-refractivity contribution in [2.75, 3.05) is 40.8 Å². The Morgan fingerprint density at radius 2 is 2.00 bits per heavy atom. The van der Waals surface area contributed by atoms with E-state index in [1.54, 1.807) is 0 Å². The quantitative estimate of drug-likeness (QED) is 0.887. The monoisotopic (exact) mass is 274 g/mol. The molecule has 1 aromatic carbocycles.